The smallest absolute Gasteiger partial charge is 0.170 e. The van der Waals surface area contributed by atoms with Crippen molar-refractivity contribution in [3.05, 3.63) is 23.8 Å². The molecule has 2 N–H and O–H groups in total. The van der Waals surface area contributed by atoms with Crippen molar-refractivity contribution in [1.29, 1.82) is 0 Å². The number of carbonyl (C=O) groups is 1. The van der Waals surface area contributed by atoms with E-state index in [0.717, 1.165) is 19.3 Å². The Morgan fingerprint density at radius 3 is 2.35 bits per heavy atom. The van der Waals surface area contributed by atoms with E-state index >= 15 is 0 Å². The van der Waals surface area contributed by atoms with Crippen LogP contribution in [0.2, 0.25) is 0 Å². The Labute approximate surface area is 120 Å². The van der Waals surface area contributed by atoms with Crippen LogP contribution in [-0.2, 0) is 0 Å². The zero-order valence-corrected chi connectivity index (χ0v) is 12.3. The minimum atomic E-state index is -0.351. The molecule has 0 unspecified atom stereocenters. The Hall–Kier alpha value is -1.55. The van der Waals surface area contributed by atoms with Crippen LogP contribution in [0.15, 0.2) is 18.2 Å². The number of rotatable bonds is 7. The van der Waals surface area contributed by atoms with Gasteiger partial charge in [0.1, 0.15) is 0 Å². The van der Waals surface area contributed by atoms with Gasteiger partial charge < -0.3 is 15.2 Å². The third-order valence-electron chi connectivity index (χ3n) is 3.99. The van der Waals surface area contributed by atoms with Crippen molar-refractivity contribution in [1.82, 2.24) is 0 Å². The van der Waals surface area contributed by atoms with Gasteiger partial charge in [0.25, 0.3) is 0 Å². The molecule has 0 heterocycles. The minimum absolute atomic E-state index is 0.134. The zero-order valence-electron chi connectivity index (χ0n) is 12.3. The maximum Gasteiger partial charge on any atom is 0.170 e. The molecule has 0 amide bonds. The summed E-state index contributed by atoms with van der Waals surface area (Å²) in [6, 6.07) is 5.41. The highest BCUT2D eigenvalue weighted by atomic mass is 16.5. The quantitative estimate of drug-likeness (QED) is 0.778. The predicted octanol–water partition coefficient (Wildman–Crippen LogP) is 2.80. The molecule has 0 spiro atoms. The van der Waals surface area contributed by atoms with E-state index in [1.807, 2.05) is 26.0 Å². The average molecular weight is 277 g/mol. The Morgan fingerprint density at radius 2 is 1.85 bits per heavy atom. The van der Waals surface area contributed by atoms with Crippen LogP contribution in [0.4, 0.5) is 0 Å². The fourth-order valence-corrected chi connectivity index (χ4v) is 2.63. The summed E-state index contributed by atoms with van der Waals surface area (Å²) in [4.78, 5) is 12.6. The Bertz CT molecular complexity index is 475. The topological polar surface area (TPSA) is 61.5 Å². The number of Topliss-reactive ketones (excluding diaryl/α,β-unsaturated/α-hetero) is 1. The Balaban J connectivity index is 2.28. The first-order chi connectivity index (χ1) is 9.66. The van der Waals surface area contributed by atoms with Crippen molar-refractivity contribution in [2.75, 3.05) is 19.8 Å². The van der Waals surface area contributed by atoms with E-state index in [0.29, 0.717) is 36.8 Å². The van der Waals surface area contributed by atoms with E-state index in [-0.39, 0.29) is 11.2 Å². The van der Waals surface area contributed by atoms with Gasteiger partial charge in [-0.1, -0.05) is 6.42 Å². The second-order valence-corrected chi connectivity index (χ2v) is 5.19. The van der Waals surface area contributed by atoms with E-state index in [1.54, 1.807) is 6.07 Å². The number of carbonyl (C=O) groups excluding carboxylic acids is 1. The fraction of sp³-hybridized carbons (Fsp3) is 0.562. The summed E-state index contributed by atoms with van der Waals surface area (Å²) in [5.74, 6) is 1.45. The highest BCUT2D eigenvalue weighted by Crippen LogP contribution is 2.43. The van der Waals surface area contributed by atoms with Gasteiger partial charge in [0.05, 0.1) is 13.2 Å². The number of ether oxygens (including phenoxy) is 2. The van der Waals surface area contributed by atoms with Crippen LogP contribution >= 0.6 is 0 Å². The summed E-state index contributed by atoms with van der Waals surface area (Å²) in [6.07, 6.45) is 2.86. The number of benzene rings is 1. The molecule has 1 fully saturated rings. The first-order valence-electron chi connectivity index (χ1n) is 7.31. The molecule has 1 aromatic rings. The fourth-order valence-electron chi connectivity index (χ4n) is 2.63. The molecule has 20 heavy (non-hydrogen) atoms. The summed E-state index contributed by atoms with van der Waals surface area (Å²) in [6.45, 7) is 5.37. The summed E-state index contributed by atoms with van der Waals surface area (Å²) in [7, 11) is 0. The highest BCUT2D eigenvalue weighted by Gasteiger charge is 2.43. The van der Waals surface area contributed by atoms with Crippen molar-refractivity contribution in [3.8, 4) is 11.5 Å². The molecule has 0 aliphatic heterocycles. The normalized spacial score (nSPS) is 16.4. The number of hydrogen-bond acceptors (Lipinski definition) is 4. The van der Waals surface area contributed by atoms with E-state index in [1.165, 1.54) is 0 Å². The van der Waals surface area contributed by atoms with Crippen molar-refractivity contribution in [2.45, 2.75) is 33.1 Å². The lowest BCUT2D eigenvalue weighted by molar-refractivity contribution is 0.0635. The minimum Gasteiger partial charge on any atom is -0.490 e. The van der Waals surface area contributed by atoms with Crippen molar-refractivity contribution in [2.24, 2.45) is 11.1 Å². The molecule has 1 aromatic carbocycles. The maximum absolute atomic E-state index is 12.6. The molecule has 110 valence electrons. The van der Waals surface area contributed by atoms with Crippen LogP contribution in [0.1, 0.15) is 43.5 Å². The van der Waals surface area contributed by atoms with Crippen LogP contribution < -0.4 is 15.2 Å². The van der Waals surface area contributed by atoms with Crippen molar-refractivity contribution < 1.29 is 14.3 Å². The first kappa shape index (κ1) is 14.9. The largest absolute Gasteiger partial charge is 0.490 e. The number of nitrogens with two attached hydrogens (primary N) is 1. The third-order valence-corrected chi connectivity index (χ3v) is 3.99. The molecule has 2 rings (SSSR count). The SMILES string of the molecule is CCOc1ccc(C(=O)C2(CN)CCC2)cc1OCC. The molecule has 0 radical (unpaired) electrons. The molecule has 4 heteroatoms. The maximum atomic E-state index is 12.6. The van der Waals surface area contributed by atoms with Gasteiger partial charge in [-0.05, 0) is 44.9 Å². The third kappa shape index (κ3) is 2.66. The van der Waals surface area contributed by atoms with E-state index < -0.39 is 0 Å². The highest BCUT2D eigenvalue weighted by molar-refractivity contribution is 6.01. The molecule has 0 atom stereocenters. The monoisotopic (exact) mass is 277 g/mol. The lowest BCUT2D eigenvalue weighted by Gasteiger charge is -2.39. The van der Waals surface area contributed by atoms with Crippen LogP contribution in [0.25, 0.3) is 0 Å². The molecule has 4 nitrogen and oxygen atoms in total. The number of ketones is 1. The van der Waals surface area contributed by atoms with Gasteiger partial charge in [-0.2, -0.15) is 0 Å². The summed E-state index contributed by atoms with van der Waals surface area (Å²) >= 11 is 0. The standard InChI is InChI=1S/C16H23NO3/c1-3-19-13-7-6-12(10-14(13)20-4-2)15(18)16(11-17)8-5-9-16/h6-7,10H,3-5,8-9,11,17H2,1-2H3. The van der Waals surface area contributed by atoms with Crippen LogP contribution in [0.3, 0.4) is 0 Å². The molecular formula is C16H23NO3. The molecule has 1 aliphatic carbocycles. The lowest BCUT2D eigenvalue weighted by Crippen LogP contribution is -2.44. The van der Waals surface area contributed by atoms with E-state index in [9.17, 15) is 4.79 Å². The van der Waals surface area contributed by atoms with Crippen LogP contribution in [0.5, 0.6) is 11.5 Å². The summed E-state index contributed by atoms with van der Waals surface area (Å²) in [5.41, 5.74) is 6.12. The van der Waals surface area contributed by atoms with Gasteiger partial charge in [0, 0.05) is 17.5 Å². The molecule has 1 saturated carbocycles. The predicted molar refractivity (Wildman–Crippen MR) is 78.4 cm³/mol. The molecule has 1 aliphatic rings. The van der Waals surface area contributed by atoms with Gasteiger partial charge >= 0.3 is 0 Å². The Kier molecular flexibility index (Phi) is 4.65. The lowest BCUT2D eigenvalue weighted by atomic mass is 9.64. The number of hydrogen-bond donors (Lipinski definition) is 1. The van der Waals surface area contributed by atoms with Crippen LogP contribution in [-0.4, -0.2) is 25.5 Å². The first-order valence-corrected chi connectivity index (χ1v) is 7.31. The van der Waals surface area contributed by atoms with Gasteiger partial charge in [-0.15, -0.1) is 0 Å². The van der Waals surface area contributed by atoms with Gasteiger partial charge in [-0.3, -0.25) is 4.79 Å². The second-order valence-electron chi connectivity index (χ2n) is 5.19. The molecular weight excluding hydrogens is 254 g/mol. The van der Waals surface area contributed by atoms with Gasteiger partial charge in [-0.25, -0.2) is 0 Å². The van der Waals surface area contributed by atoms with Gasteiger partial charge in [0.2, 0.25) is 0 Å². The van der Waals surface area contributed by atoms with E-state index in [2.05, 4.69) is 0 Å². The van der Waals surface area contributed by atoms with E-state index in [4.69, 9.17) is 15.2 Å². The molecule has 0 aromatic heterocycles. The second kappa shape index (κ2) is 6.27. The van der Waals surface area contributed by atoms with Crippen molar-refractivity contribution in [3.63, 3.8) is 0 Å². The summed E-state index contributed by atoms with van der Waals surface area (Å²) in [5, 5.41) is 0. The van der Waals surface area contributed by atoms with Crippen molar-refractivity contribution >= 4 is 5.78 Å². The van der Waals surface area contributed by atoms with Gasteiger partial charge in [0.15, 0.2) is 17.3 Å². The molecule has 0 bridgehead atoms. The summed E-state index contributed by atoms with van der Waals surface area (Å²) < 4.78 is 11.1. The Morgan fingerprint density at radius 1 is 1.20 bits per heavy atom. The average Bonchev–Trinajstić information content (AvgIpc) is 2.40. The zero-order chi connectivity index (χ0) is 14.6. The van der Waals surface area contributed by atoms with Crippen LogP contribution in [0, 0.1) is 5.41 Å². The molecule has 0 saturated heterocycles.